The maximum absolute atomic E-state index is 11.7. The zero-order valence-electron chi connectivity index (χ0n) is 6.65. The van der Waals surface area contributed by atoms with Crippen molar-refractivity contribution in [3.8, 4) is 0 Å². The molecule has 0 aromatic carbocycles. The molecule has 2 rings (SSSR count). The predicted molar refractivity (Wildman–Crippen MR) is 53.9 cm³/mol. The van der Waals surface area contributed by atoms with Gasteiger partial charge in [-0.2, -0.15) is 9.67 Å². The Morgan fingerprint density at radius 1 is 1.50 bits per heavy atom. The van der Waals surface area contributed by atoms with Gasteiger partial charge in [0.25, 0.3) is 0 Å². The van der Waals surface area contributed by atoms with E-state index in [2.05, 4.69) is 41.9 Å². The van der Waals surface area contributed by atoms with Crippen molar-refractivity contribution in [3.63, 3.8) is 0 Å². The molecule has 0 amide bonds. The summed E-state index contributed by atoms with van der Waals surface area (Å²) in [7, 11) is 0. The summed E-state index contributed by atoms with van der Waals surface area (Å²) in [5.41, 5.74) is 0. The first kappa shape index (κ1) is 9.60. The Hall–Kier alpha value is -0.950. The van der Waals surface area contributed by atoms with Crippen LogP contribution in [0, 0.1) is 0 Å². The topological polar surface area (TPSA) is 60.9 Å². The second kappa shape index (κ2) is 3.66. The maximum atomic E-state index is 11.7. The lowest BCUT2D eigenvalue weighted by molar-refractivity contribution is 0.0913. The smallest absolute Gasteiger partial charge is 0.316 e. The number of aromatic nitrogens is 3. The van der Waals surface area contributed by atoms with Gasteiger partial charge in [-0.25, -0.2) is 0 Å². The quantitative estimate of drug-likeness (QED) is 0.807. The average Bonchev–Trinajstić information content (AvgIpc) is 2.73. The van der Waals surface area contributed by atoms with Crippen LogP contribution in [0.25, 0.3) is 0 Å². The van der Waals surface area contributed by atoms with Crippen LogP contribution in [0.15, 0.2) is 32.3 Å². The Balaban J connectivity index is 2.41. The van der Waals surface area contributed by atoms with Gasteiger partial charge in [0.05, 0.1) is 6.26 Å². The Bertz CT molecular complexity index is 463. The van der Waals surface area contributed by atoms with Gasteiger partial charge in [0.2, 0.25) is 9.47 Å². The van der Waals surface area contributed by atoms with Crippen molar-refractivity contribution in [2.75, 3.05) is 0 Å². The van der Waals surface area contributed by atoms with E-state index in [1.807, 2.05) is 0 Å². The molecule has 0 unspecified atom stereocenters. The molecule has 0 aliphatic heterocycles. The molecule has 7 heteroatoms. The second-order valence-corrected chi connectivity index (χ2v) is 3.76. The van der Waals surface area contributed by atoms with Gasteiger partial charge < -0.3 is 4.42 Å². The van der Waals surface area contributed by atoms with E-state index >= 15 is 0 Å². The van der Waals surface area contributed by atoms with Gasteiger partial charge in [0.1, 0.15) is 0 Å². The molecule has 0 atom stereocenters. The number of rotatable bonds is 1. The number of nitrogens with zero attached hydrogens (tertiary/aromatic N) is 3. The predicted octanol–water partition coefficient (Wildman–Crippen LogP) is 2.08. The largest absolute Gasteiger partial charge is 0.459 e. The lowest BCUT2D eigenvalue weighted by atomic mass is 10.4. The minimum Gasteiger partial charge on any atom is -0.459 e. The summed E-state index contributed by atoms with van der Waals surface area (Å²) in [6.07, 6.45) is 1.42. The molecule has 2 heterocycles. The summed E-state index contributed by atoms with van der Waals surface area (Å²) >= 11 is 6.16. The van der Waals surface area contributed by atoms with Gasteiger partial charge in [-0.1, -0.05) is 0 Å². The molecule has 5 nitrogen and oxygen atoms in total. The summed E-state index contributed by atoms with van der Waals surface area (Å²) in [5.74, 6) is -0.164. The summed E-state index contributed by atoms with van der Waals surface area (Å²) < 4.78 is 6.70. The second-order valence-electron chi connectivity index (χ2n) is 2.34. The molecular weight excluding hydrogens is 318 g/mol. The van der Waals surface area contributed by atoms with Crippen LogP contribution >= 0.6 is 31.9 Å². The van der Waals surface area contributed by atoms with E-state index in [9.17, 15) is 4.79 Å². The standard InChI is InChI=1S/C7H3Br2N3O2/c8-6-10-7(9)12(11-6)5(13)4-2-1-3-14-4/h1-3H. The monoisotopic (exact) mass is 319 g/mol. The molecular formula is C7H3Br2N3O2. The first-order valence-corrected chi connectivity index (χ1v) is 5.13. The number of halogens is 2. The summed E-state index contributed by atoms with van der Waals surface area (Å²) in [6, 6.07) is 3.19. The maximum Gasteiger partial charge on any atom is 0.316 e. The van der Waals surface area contributed by atoms with E-state index in [-0.39, 0.29) is 11.7 Å². The van der Waals surface area contributed by atoms with E-state index in [1.54, 1.807) is 12.1 Å². The van der Waals surface area contributed by atoms with Crippen LogP contribution in [0.2, 0.25) is 0 Å². The third-order valence-electron chi connectivity index (χ3n) is 1.47. The van der Waals surface area contributed by atoms with Gasteiger partial charge in [-0.05, 0) is 44.0 Å². The van der Waals surface area contributed by atoms with Crippen LogP contribution in [-0.2, 0) is 0 Å². The first-order chi connectivity index (χ1) is 6.68. The summed E-state index contributed by atoms with van der Waals surface area (Å²) in [6.45, 7) is 0. The Kier molecular flexibility index (Phi) is 2.51. The highest BCUT2D eigenvalue weighted by Gasteiger charge is 2.16. The lowest BCUT2D eigenvalue weighted by Crippen LogP contribution is -2.13. The molecule has 72 valence electrons. The van der Waals surface area contributed by atoms with Gasteiger partial charge in [0.15, 0.2) is 5.76 Å². The Labute approximate surface area is 95.4 Å². The van der Waals surface area contributed by atoms with Crippen molar-refractivity contribution < 1.29 is 9.21 Å². The minimum atomic E-state index is -0.375. The van der Waals surface area contributed by atoms with Crippen molar-refractivity contribution in [2.24, 2.45) is 0 Å². The highest BCUT2D eigenvalue weighted by molar-refractivity contribution is 9.11. The first-order valence-electron chi connectivity index (χ1n) is 3.55. The molecule has 0 aliphatic carbocycles. The van der Waals surface area contributed by atoms with Crippen LogP contribution in [0.1, 0.15) is 10.6 Å². The molecule has 2 aromatic heterocycles. The number of carbonyl (C=O) groups is 1. The molecule has 0 aliphatic rings. The highest BCUT2D eigenvalue weighted by Crippen LogP contribution is 2.13. The normalized spacial score (nSPS) is 10.4. The zero-order chi connectivity index (χ0) is 10.1. The van der Waals surface area contributed by atoms with Crippen molar-refractivity contribution in [1.82, 2.24) is 14.8 Å². The fourth-order valence-corrected chi connectivity index (χ4v) is 1.88. The van der Waals surface area contributed by atoms with Crippen LogP contribution in [-0.4, -0.2) is 20.7 Å². The van der Waals surface area contributed by atoms with Crippen molar-refractivity contribution in [1.29, 1.82) is 0 Å². The fourth-order valence-electron chi connectivity index (χ4n) is 0.903. The Morgan fingerprint density at radius 2 is 2.29 bits per heavy atom. The van der Waals surface area contributed by atoms with Crippen molar-refractivity contribution in [2.45, 2.75) is 0 Å². The summed E-state index contributed by atoms with van der Waals surface area (Å²) in [4.78, 5) is 15.5. The van der Waals surface area contributed by atoms with Crippen LogP contribution < -0.4 is 0 Å². The van der Waals surface area contributed by atoms with Crippen LogP contribution in [0.4, 0.5) is 0 Å². The highest BCUT2D eigenvalue weighted by atomic mass is 79.9. The summed E-state index contributed by atoms with van der Waals surface area (Å²) in [5, 5.41) is 3.83. The van der Waals surface area contributed by atoms with Gasteiger partial charge in [-0.3, -0.25) is 4.79 Å². The third-order valence-corrected chi connectivity index (χ3v) is 2.32. The molecule has 0 N–H and O–H groups in total. The number of hydrogen-bond donors (Lipinski definition) is 0. The van der Waals surface area contributed by atoms with Gasteiger partial charge in [0, 0.05) is 0 Å². The van der Waals surface area contributed by atoms with E-state index < -0.39 is 0 Å². The SMILES string of the molecule is O=C(c1ccco1)n1nc(Br)nc1Br. The Morgan fingerprint density at radius 3 is 2.79 bits per heavy atom. The number of furan rings is 1. The van der Waals surface area contributed by atoms with Gasteiger partial charge in [-0.15, -0.1) is 5.10 Å². The number of carbonyl (C=O) groups excluding carboxylic acids is 1. The minimum absolute atomic E-state index is 0.211. The molecule has 2 aromatic rings. The molecule has 0 radical (unpaired) electrons. The van der Waals surface area contributed by atoms with Gasteiger partial charge >= 0.3 is 5.91 Å². The van der Waals surface area contributed by atoms with E-state index in [0.29, 0.717) is 9.47 Å². The molecule has 0 fully saturated rings. The van der Waals surface area contributed by atoms with Crippen molar-refractivity contribution >= 4 is 37.8 Å². The third kappa shape index (κ3) is 1.64. The van der Waals surface area contributed by atoms with E-state index in [0.717, 1.165) is 4.68 Å². The molecule has 0 saturated heterocycles. The van der Waals surface area contributed by atoms with E-state index in [1.165, 1.54) is 6.26 Å². The molecule has 0 spiro atoms. The molecule has 14 heavy (non-hydrogen) atoms. The molecule has 0 saturated carbocycles. The van der Waals surface area contributed by atoms with Crippen LogP contribution in [0.3, 0.4) is 0 Å². The fraction of sp³-hybridized carbons (Fsp3) is 0. The van der Waals surface area contributed by atoms with Crippen LogP contribution in [0.5, 0.6) is 0 Å². The average molecular weight is 321 g/mol. The van der Waals surface area contributed by atoms with Crippen molar-refractivity contribution in [3.05, 3.63) is 33.6 Å². The van der Waals surface area contributed by atoms with E-state index in [4.69, 9.17) is 4.42 Å². The lowest BCUT2D eigenvalue weighted by Gasteiger charge is -1.95. The molecule has 0 bridgehead atoms. The zero-order valence-corrected chi connectivity index (χ0v) is 9.82. The number of hydrogen-bond acceptors (Lipinski definition) is 4.